The van der Waals surface area contributed by atoms with Gasteiger partial charge in [-0.3, -0.25) is 4.79 Å². The van der Waals surface area contributed by atoms with Crippen molar-refractivity contribution in [2.75, 3.05) is 0 Å². The lowest BCUT2D eigenvalue weighted by atomic mass is 10.1. The molecule has 0 aliphatic heterocycles. The first kappa shape index (κ1) is 20.1. The Bertz CT molecular complexity index is 1140. The second-order valence-corrected chi connectivity index (χ2v) is 8.38. The highest BCUT2D eigenvalue weighted by molar-refractivity contribution is 7.89. The minimum absolute atomic E-state index is 0.0480. The lowest BCUT2D eigenvalue weighted by Crippen LogP contribution is -2.24. The zero-order valence-corrected chi connectivity index (χ0v) is 16.9. The van der Waals surface area contributed by atoms with Crippen molar-refractivity contribution in [2.24, 2.45) is 5.14 Å². The molecule has 1 heterocycles. The molecule has 0 saturated carbocycles. The van der Waals surface area contributed by atoms with Crippen LogP contribution in [0, 0.1) is 13.8 Å². The minimum atomic E-state index is -3.91. The number of aryl methyl sites for hydroxylation is 1. The number of nitrogens with one attached hydrogen (secondary N) is 1. The predicted molar refractivity (Wildman–Crippen MR) is 107 cm³/mol. The zero-order valence-electron chi connectivity index (χ0n) is 15.3. The van der Waals surface area contributed by atoms with Crippen molar-refractivity contribution in [1.29, 1.82) is 0 Å². The number of amides is 1. The van der Waals surface area contributed by atoms with Gasteiger partial charge in [-0.15, -0.1) is 0 Å². The van der Waals surface area contributed by atoms with Gasteiger partial charge < -0.3 is 5.32 Å². The van der Waals surface area contributed by atoms with Crippen LogP contribution in [0.2, 0.25) is 5.02 Å². The molecule has 28 heavy (non-hydrogen) atoms. The van der Waals surface area contributed by atoms with Crippen LogP contribution in [0.15, 0.2) is 53.7 Å². The van der Waals surface area contributed by atoms with Crippen LogP contribution in [-0.4, -0.2) is 24.1 Å². The Labute approximate surface area is 168 Å². The molecule has 0 saturated heterocycles. The fraction of sp³-hybridized carbons (Fsp3) is 0.158. The predicted octanol–water partition coefficient (Wildman–Crippen LogP) is 2.72. The van der Waals surface area contributed by atoms with Gasteiger partial charge in [0.15, 0.2) is 0 Å². The molecule has 9 heteroatoms. The van der Waals surface area contributed by atoms with Crippen molar-refractivity contribution < 1.29 is 13.2 Å². The van der Waals surface area contributed by atoms with E-state index in [9.17, 15) is 13.2 Å². The van der Waals surface area contributed by atoms with Crippen LogP contribution in [-0.2, 0) is 16.6 Å². The Morgan fingerprint density at radius 3 is 2.54 bits per heavy atom. The molecule has 146 valence electrons. The molecule has 7 nitrogen and oxygen atoms in total. The summed E-state index contributed by atoms with van der Waals surface area (Å²) in [6.45, 7) is 3.63. The van der Waals surface area contributed by atoms with E-state index in [2.05, 4.69) is 10.4 Å². The van der Waals surface area contributed by atoms with E-state index in [-0.39, 0.29) is 17.0 Å². The second-order valence-electron chi connectivity index (χ2n) is 6.41. The SMILES string of the molecule is Cc1cc(C(=O)NCc2cnn(-c3ccc(Cl)cc3)c2)cc(S(N)(=O)=O)c1C. The van der Waals surface area contributed by atoms with Crippen LogP contribution >= 0.6 is 11.6 Å². The number of nitrogens with two attached hydrogens (primary N) is 1. The molecule has 0 bridgehead atoms. The van der Waals surface area contributed by atoms with E-state index in [4.69, 9.17) is 16.7 Å². The number of hydrogen-bond donors (Lipinski definition) is 2. The van der Waals surface area contributed by atoms with Gasteiger partial charge in [0.05, 0.1) is 16.8 Å². The van der Waals surface area contributed by atoms with E-state index in [0.717, 1.165) is 11.3 Å². The van der Waals surface area contributed by atoms with Crippen LogP contribution in [0.25, 0.3) is 5.69 Å². The van der Waals surface area contributed by atoms with E-state index in [0.29, 0.717) is 16.1 Å². The van der Waals surface area contributed by atoms with Gasteiger partial charge in [0.25, 0.3) is 5.91 Å². The lowest BCUT2D eigenvalue weighted by Gasteiger charge is -2.11. The number of carbonyl (C=O) groups excluding carboxylic acids is 1. The molecule has 0 spiro atoms. The lowest BCUT2D eigenvalue weighted by molar-refractivity contribution is 0.0950. The number of sulfonamides is 1. The number of carbonyl (C=O) groups is 1. The summed E-state index contributed by atoms with van der Waals surface area (Å²) in [6.07, 6.45) is 3.44. The Morgan fingerprint density at radius 1 is 1.21 bits per heavy atom. The standard InChI is InChI=1S/C19H19ClN4O3S/c1-12-7-15(8-18(13(12)2)28(21,26)27)19(25)22-9-14-10-23-24(11-14)17-5-3-16(20)4-6-17/h3-8,10-11H,9H2,1-2H3,(H,22,25)(H2,21,26,27). The largest absolute Gasteiger partial charge is 0.348 e. The summed E-state index contributed by atoms with van der Waals surface area (Å²) in [5.41, 5.74) is 3.07. The average molecular weight is 419 g/mol. The highest BCUT2D eigenvalue weighted by Crippen LogP contribution is 2.20. The molecular formula is C19H19ClN4O3S. The number of rotatable bonds is 5. The third-order valence-electron chi connectivity index (χ3n) is 4.37. The number of hydrogen-bond acceptors (Lipinski definition) is 4. The molecule has 1 amide bonds. The number of benzene rings is 2. The third kappa shape index (κ3) is 4.41. The number of primary sulfonamides is 1. The Kier molecular flexibility index (Phi) is 5.55. The van der Waals surface area contributed by atoms with E-state index in [1.165, 1.54) is 6.07 Å². The van der Waals surface area contributed by atoms with E-state index >= 15 is 0 Å². The molecule has 0 atom stereocenters. The average Bonchev–Trinajstić information content (AvgIpc) is 3.10. The van der Waals surface area contributed by atoms with Gasteiger partial charge >= 0.3 is 0 Å². The third-order valence-corrected chi connectivity index (χ3v) is 5.66. The minimum Gasteiger partial charge on any atom is -0.348 e. The molecule has 0 radical (unpaired) electrons. The summed E-state index contributed by atoms with van der Waals surface area (Å²) in [5.74, 6) is -0.396. The van der Waals surface area contributed by atoms with E-state index in [1.807, 2.05) is 12.1 Å². The molecule has 2 aromatic carbocycles. The maximum atomic E-state index is 12.5. The smallest absolute Gasteiger partial charge is 0.251 e. The van der Waals surface area contributed by atoms with Gasteiger partial charge in [-0.05, 0) is 61.4 Å². The van der Waals surface area contributed by atoms with Gasteiger partial charge in [-0.1, -0.05) is 11.6 Å². The number of aromatic nitrogens is 2. The zero-order chi connectivity index (χ0) is 20.5. The van der Waals surface area contributed by atoms with Crippen molar-refractivity contribution in [3.63, 3.8) is 0 Å². The molecule has 0 unspecified atom stereocenters. The fourth-order valence-electron chi connectivity index (χ4n) is 2.72. The summed E-state index contributed by atoms with van der Waals surface area (Å²) >= 11 is 5.88. The molecule has 3 aromatic rings. The molecule has 3 N–H and O–H groups in total. The quantitative estimate of drug-likeness (QED) is 0.664. The molecule has 0 fully saturated rings. The monoisotopic (exact) mass is 418 g/mol. The number of halogens is 1. The molecular weight excluding hydrogens is 400 g/mol. The molecule has 0 aliphatic carbocycles. The van der Waals surface area contributed by atoms with Gasteiger partial charge in [-0.25, -0.2) is 18.2 Å². The summed E-state index contributed by atoms with van der Waals surface area (Å²) in [7, 11) is -3.91. The molecule has 1 aromatic heterocycles. The van der Waals surface area contributed by atoms with Gasteiger partial charge in [-0.2, -0.15) is 5.10 Å². The first-order chi connectivity index (χ1) is 13.1. The Balaban J connectivity index is 1.75. The van der Waals surface area contributed by atoms with Crippen molar-refractivity contribution >= 4 is 27.5 Å². The first-order valence-corrected chi connectivity index (χ1v) is 10.3. The fourth-order valence-corrected chi connectivity index (χ4v) is 3.73. The number of nitrogens with zero attached hydrogens (tertiary/aromatic N) is 2. The van der Waals surface area contributed by atoms with Gasteiger partial charge in [0, 0.05) is 28.9 Å². The molecule has 3 rings (SSSR count). The Morgan fingerprint density at radius 2 is 1.89 bits per heavy atom. The maximum absolute atomic E-state index is 12.5. The van der Waals surface area contributed by atoms with Crippen molar-refractivity contribution in [3.8, 4) is 5.69 Å². The summed E-state index contributed by atoms with van der Waals surface area (Å²) in [5, 5.41) is 12.9. The Hall–Kier alpha value is -2.68. The van der Waals surface area contributed by atoms with E-state index < -0.39 is 15.9 Å². The van der Waals surface area contributed by atoms with Gasteiger partial charge in [0.1, 0.15) is 0 Å². The summed E-state index contributed by atoms with van der Waals surface area (Å²) in [6, 6.07) is 10.1. The highest BCUT2D eigenvalue weighted by Gasteiger charge is 2.17. The van der Waals surface area contributed by atoms with Crippen LogP contribution in [0.3, 0.4) is 0 Å². The van der Waals surface area contributed by atoms with E-state index in [1.54, 1.807) is 49.1 Å². The van der Waals surface area contributed by atoms with Crippen LogP contribution in [0.1, 0.15) is 27.0 Å². The molecule has 0 aliphatic rings. The topological polar surface area (TPSA) is 107 Å². The normalized spacial score (nSPS) is 11.4. The van der Waals surface area contributed by atoms with Crippen LogP contribution in [0.4, 0.5) is 0 Å². The highest BCUT2D eigenvalue weighted by atomic mass is 35.5. The second kappa shape index (κ2) is 7.75. The van der Waals surface area contributed by atoms with Crippen molar-refractivity contribution in [3.05, 3.63) is 76.1 Å². The summed E-state index contributed by atoms with van der Waals surface area (Å²) in [4.78, 5) is 12.4. The van der Waals surface area contributed by atoms with Gasteiger partial charge in [0.2, 0.25) is 10.0 Å². The first-order valence-electron chi connectivity index (χ1n) is 8.37. The van der Waals surface area contributed by atoms with Crippen LogP contribution in [0.5, 0.6) is 0 Å². The van der Waals surface area contributed by atoms with Crippen LogP contribution < -0.4 is 10.5 Å². The summed E-state index contributed by atoms with van der Waals surface area (Å²) < 4.78 is 25.2. The van der Waals surface area contributed by atoms with Crippen molar-refractivity contribution in [1.82, 2.24) is 15.1 Å². The maximum Gasteiger partial charge on any atom is 0.251 e. The van der Waals surface area contributed by atoms with Crippen molar-refractivity contribution in [2.45, 2.75) is 25.3 Å².